The van der Waals surface area contributed by atoms with Gasteiger partial charge in [-0.3, -0.25) is 0 Å². The van der Waals surface area contributed by atoms with E-state index in [9.17, 15) is 0 Å². The Hall–Kier alpha value is -0.990. The van der Waals surface area contributed by atoms with Crippen LogP contribution in [0.3, 0.4) is 0 Å². The normalized spacial score (nSPS) is 14.9. The summed E-state index contributed by atoms with van der Waals surface area (Å²) in [5.74, 6) is 2.42. The van der Waals surface area contributed by atoms with Crippen molar-refractivity contribution in [3.8, 4) is 0 Å². The van der Waals surface area contributed by atoms with Gasteiger partial charge < -0.3 is 9.88 Å². The second-order valence-electron chi connectivity index (χ2n) is 5.53. The first kappa shape index (κ1) is 14.1. The molecule has 0 saturated heterocycles. The Morgan fingerprint density at radius 3 is 2.59 bits per heavy atom. The van der Waals surface area contributed by atoms with Crippen molar-refractivity contribution in [2.24, 2.45) is 11.8 Å². The summed E-state index contributed by atoms with van der Waals surface area (Å²) in [6.45, 7) is 12.2. The summed E-state index contributed by atoms with van der Waals surface area (Å²) in [4.78, 5) is 4.39. The van der Waals surface area contributed by atoms with E-state index in [1.807, 2.05) is 6.20 Å². The van der Waals surface area contributed by atoms with Crippen molar-refractivity contribution in [2.45, 2.75) is 53.5 Å². The Kier molecular flexibility index (Phi) is 5.52. The van der Waals surface area contributed by atoms with Crippen molar-refractivity contribution in [1.29, 1.82) is 0 Å². The van der Waals surface area contributed by atoms with Crippen LogP contribution in [0.1, 0.15) is 53.5 Å². The quantitative estimate of drug-likeness (QED) is 0.778. The zero-order valence-electron chi connectivity index (χ0n) is 11.9. The second kappa shape index (κ2) is 6.67. The monoisotopic (exact) mass is 237 g/mol. The first-order valence-electron chi connectivity index (χ1n) is 6.81. The SMILES string of the molecule is CCC(C)CC(C)n1ccnc1NCC(C)C. The van der Waals surface area contributed by atoms with Crippen LogP contribution in [0.15, 0.2) is 12.4 Å². The van der Waals surface area contributed by atoms with Crippen LogP contribution in [0.2, 0.25) is 0 Å². The maximum absolute atomic E-state index is 4.39. The third-order valence-electron chi connectivity index (χ3n) is 3.25. The molecular weight excluding hydrogens is 210 g/mol. The van der Waals surface area contributed by atoms with E-state index in [2.05, 4.69) is 55.7 Å². The Labute approximate surface area is 106 Å². The minimum atomic E-state index is 0.516. The van der Waals surface area contributed by atoms with E-state index in [0.29, 0.717) is 12.0 Å². The number of hydrogen-bond acceptors (Lipinski definition) is 2. The lowest BCUT2D eigenvalue weighted by Crippen LogP contribution is -2.16. The highest BCUT2D eigenvalue weighted by molar-refractivity contribution is 5.26. The molecule has 0 aliphatic heterocycles. The topological polar surface area (TPSA) is 29.9 Å². The average molecular weight is 237 g/mol. The Morgan fingerprint density at radius 1 is 1.29 bits per heavy atom. The number of imidazole rings is 1. The highest BCUT2D eigenvalue weighted by atomic mass is 15.2. The van der Waals surface area contributed by atoms with E-state index in [0.717, 1.165) is 18.4 Å². The Balaban J connectivity index is 2.60. The van der Waals surface area contributed by atoms with E-state index in [1.54, 1.807) is 0 Å². The molecule has 3 heteroatoms. The van der Waals surface area contributed by atoms with Crippen molar-refractivity contribution in [2.75, 3.05) is 11.9 Å². The van der Waals surface area contributed by atoms with E-state index in [1.165, 1.54) is 12.8 Å². The average Bonchev–Trinajstić information content (AvgIpc) is 2.74. The summed E-state index contributed by atoms with van der Waals surface area (Å²) in [5, 5.41) is 3.42. The molecule has 1 N–H and O–H groups in total. The van der Waals surface area contributed by atoms with Crippen LogP contribution in [0, 0.1) is 11.8 Å². The zero-order chi connectivity index (χ0) is 12.8. The predicted molar refractivity (Wildman–Crippen MR) is 74.3 cm³/mol. The van der Waals surface area contributed by atoms with Crippen molar-refractivity contribution in [3.05, 3.63) is 12.4 Å². The molecule has 0 amide bonds. The molecule has 0 aromatic carbocycles. The van der Waals surface area contributed by atoms with Crippen LogP contribution in [0.4, 0.5) is 5.95 Å². The fourth-order valence-electron chi connectivity index (χ4n) is 1.96. The zero-order valence-corrected chi connectivity index (χ0v) is 11.9. The van der Waals surface area contributed by atoms with Crippen molar-refractivity contribution >= 4 is 5.95 Å². The van der Waals surface area contributed by atoms with Gasteiger partial charge in [-0.05, 0) is 25.2 Å². The van der Waals surface area contributed by atoms with Gasteiger partial charge in [-0.15, -0.1) is 0 Å². The van der Waals surface area contributed by atoms with Crippen LogP contribution in [-0.4, -0.2) is 16.1 Å². The summed E-state index contributed by atoms with van der Waals surface area (Å²) >= 11 is 0. The minimum absolute atomic E-state index is 0.516. The van der Waals surface area contributed by atoms with Gasteiger partial charge in [0.1, 0.15) is 0 Å². The smallest absolute Gasteiger partial charge is 0.203 e. The molecule has 1 rings (SSSR count). The molecule has 0 radical (unpaired) electrons. The van der Waals surface area contributed by atoms with Crippen LogP contribution >= 0.6 is 0 Å². The molecular formula is C14H27N3. The van der Waals surface area contributed by atoms with Crippen LogP contribution in [0.25, 0.3) is 0 Å². The van der Waals surface area contributed by atoms with Gasteiger partial charge in [-0.1, -0.05) is 34.1 Å². The molecule has 0 bridgehead atoms. The van der Waals surface area contributed by atoms with Gasteiger partial charge in [0.25, 0.3) is 0 Å². The Bertz CT molecular complexity index is 317. The summed E-state index contributed by atoms with van der Waals surface area (Å²) in [6, 6.07) is 0.516. The largest absolute Gasteiger partial charge is 0.355 e. The van der Waals surface area contributed by atoms with Gasteiger partial charge in [-0.25, -0.2) is 4.98 Å². The van der Waals surface area contributed by atoms with Crippen molar-refractivity contribution < 1.29 is 0 Å². The molecule has 1 aromatic heterocycles. The highest BCUT2D eigenvalue weighted by Crippen LogP contribution is 2.22. The molecule has 0 aliphatic rings. The number of aromatic nitrogens is 2. The molecule has 98 valence electrons. The number of nitrogens with zero attached hydrogens (tertiary/aromatic N) is 2. The standard InChI is InChI=1S/C14H27N3/c1-6-12(4)9-13(5)17-8-7-15-14(17)16-10-11(2)3/h7-8,11-13H,6,9-10H2,1-5H3,(H,15,16). The van der Waals surface area contributed by atoms with Gasteiger partial charge in [0.2, 0.25) is 5.95 Å². The first-order chi connectivity index (χ1) is 8.04. The van der Waals surface area contributed by atoms with Crippen LogP contribution in [-0.2, 0) is 0 Å². The molecule has 2 unspecified atom stereocenters. The molecule has 0 aliphatic carbocycles. The number of hydrogen-bond donors (Lipinski definition) is 1. The summed E-state index contributed by atoms with van der Waals surface area (Å²) < 4.78 is 2.26. The molecule has 17 heavy (non-hydrogen) atoms. The fraction of sp³-hybridized carbons (Fsp3) is 0.786. The molecule has 0 spiro atoms. The minimum Gasteiger partial charge on any atom is -0.355 e. The van der Waals surface area contributed by atoms with Crippen molar-refractivity contribution in [1.82, 2.24) is 9.55 Å². The summed E-state index contributed by atoms with van der Waals surface area (Å²) in [7, 11) is 0. The van der Waals surface area contributed by atoms with Crippen LogP contribution in [0.5, 0.6) is 0 Å². The number of anilines is 1. The van der Waals surface area contributed by atoms with Gasteiger partial charge in [0.05, 0.1) is 0 Å². The molecule has 2 atom stereocenters. The third kappa shape index (κ3) is 4.41. The lowest BCUT2D eigenvalue weighted by Gasteiger charge is -2.20. The van der Waals surface area contributed by atoms with Gasteiger partial charge >= 0.3 is 0 Å². The molecule has 1 heterocycles. The molecule has 0 fully saturated rings. The number of rotatable bonds is 7. The highest BCUT2D eigenvalue weighted by Gasteiger charge is 2.12. The maximum atomic E-state index is 4.39. The molecule has 3 nitrogen and oxygen atoms in total. The lowest BCUT2D eigenvalue weighted by atomic mass is 10.0. The second-order valence-corrected chi connectivity index (χ2v) is 5.53. The third-order valence-corrected chi connectivity index (χ3v) is 3.25. The predicted octanol–water partition coefficient (Wildman–Crippen LogP) is 3.95. The Morgan fingerprint density at radius 2 is 2.00 bits per heavy atom. The first-order valence-corrected chi connectivity index (χ1v) is 6.81. The number of nitrogens with one attached hydrogen (secondary N) is 1. The molecule has 0 saturated carbocycles. The van der Waals surface area contributed by atoms with Crippen molar-refractivity contribution in [3.63, 3.8) is 0 Å². The van der Waals surface area contributed by atoms with E-state index in [-0.39, 0.29) is 0 Å². The van der Waals surface area contributed by atoms with Gasteiger partial charge in [-0.2, -0.15) is 0 Å². The summed E-state index contributed by atoms with van der Waals surface area (Å²) in [5.41, 5.74) is 0. The van der Waals surface area contributed by atoms with E-state index < -0.39 is 0 Å². The maximum Gasteiger partial charge on any atom is 0.203 e. The lowest BCUT2D eigenvalue weighted by molar-refractivity contribution is 0.400. The van der Waals surface area contributed by atoms with Crippen LogP contribution < -0.4 is 5.32 Å². The van der Waals surface area contributed by atoms with E-state index in [4.69, 9.17) is 0 Å². The fourth-order valence-corrected chi connectivity index (χ4v) is 1.96. The van der Waals surface area contributed by atoms with Gasteiger partial charge in [0, 0.05) is 25.0 Å². The molecule has 1 aromatic rings. The van der Waals surface area contributed by atoms with E-state index >= 15 is 0 Å². The van der Waals surface area contributed by atoms with Gasteiger partial charge in [0.15, 0.2) is 0 Å². The summed E-state index contributed by atoms with van der Waals surface area (Å²) in [6.07, 6.45) is 6.42.